The molecule has 6 atom stereocenters. The molecular weight excluding hydrogens is 412 g/mol. The van der Waals surface area contributed by atoms with Gasteiger partial charge in [-0.25, -0.2) is 9.59 Å². The van der Waals surface area contributed by atoms with Crippen molar-refractivity contribution in [2.24, 2.45) is 11.8 Å². The number of fused-ring (bicyclic) bond motifs is 1. The van der Waals surface area contributed by atoms with Crippen molar-refractivity contribution in [1.29, 1.82) is 0 Å². The van der Waals surface area contributed by atoms with Crippen LogP contribution < -0.4 is 10.6 Å². The van der Waals surface area contributed by atoms with Gasteiger partial charge in [0.05, 0.1) is 25.1 Å². The van der Waals surface area contributed by atoms with Gasteiger partial charge in [0.25, 0.3) is 0 Å². The molecular formula is C19H28N4O6S. The number of thioether (sulfide) groups is 1. The van der Waals surface area contributed by atoms with Crippen LogP contribution in [0.25, 0.3) is 0 Å². The average Bonchev–Trinajstić information content (AvgIpc) is 3.23. The minimum absolute atomic E-state index is 0.00761. The van der Waals surface area contributed by atoms with E-state index in [1.807, 2.05) is 6.92 Å². The number of likely N-dealkylation sites (N-methyl/N-ethyl adjacent to an activating group) is 1. The molecule has 2 fully saturated rings. The Morgan fingerprint density at radius 2 is 2.03 bits per heavy atom. The number of β-lactam (4-membered cyclic amide) rings is 1. The summed E-state index contributed by atoms with van der Waals surface area (Å²) in [7, 11) is 4.65. The summed E-state index contributed by atoms with van der Waals surface area (Å²) in [5, 5.41) is 15.7. The molecule has 0 radical (unpaired) electrons. The molecule has 2 saturated heterocycles. The van der Waals surface area contributed by atoms with E-state index in [9.17, 15) is 24.3 Å². The molecule has 166 valence electrons. The number of hydrogen-bond acceptors (Lipinski definition) is 7. The van der Waals surface area contributed by atoms with Crippen LogP contribution in [0.15, 0.2) is 10.6 Å². The first-order chi connectivity index (χ1) is 14.1. The summed E-state index contributed by atoms with van der Waals surface area (Å²) in [6.45, 7) is 4.21. The Morgan fingerprint density at radius 1 is 1.37 bits per heavy atom. The number of nitrogens with zero attached hydrogens (tertiary/aromatic N) is 2. The van der Waals surface area contributed by atoms with Gasteiger partial charge in [-0.15, -0.1) is 11.8 Å². The molecule has 0 aromatic rings. The molecule has 3 rings (SSSR count). The van der Waals surface area contributed by atoms with Gasteiger partial charge in [-0.3, -0.25) is 9.59 Å². The maximum atomic E-state index is 12.8. The number of rotatable bonds is 6. The average molecular weight is 441 g/mol. The molecule has 0 aliphatic carbocycles. The van der Waals surface area contributed by atoms with Crippen LogP contribution in [-0.2, 0) is 19.1 Å². The predicted octanol–water partition coefficient (Wildman–Crippen LogP) is 0.0557. The summed E-state index contributed by atoms with van der Waals surface area (Å²) >= 11 is 1.43. The van der Waals surface area contributed by atoms with Crippen molar-refractivity contribution in [3.05, 3.63) is 10.6 Å². The van der Waals surface area contributed by atoms with E-state index in [1.54, 1.807) is 21.0 Å². The molecule has 30 heavy (non-hydrogen) atoms. The van der Waals surface area contributed by atoms with Gasteiger partial charge in [-0.2, -0.15) is 0 Å². The number of amides is 3. The second-order valence-corrected chi connectivity index (χ2v) is 9.47. The highest BCUT2D eigenvalue weighted by Crippen LogP contribution is 2.51. The van der Waals surface area contributed by atoms with E-state index >= 15 is 0 Å². The lowest BCUT2D eigenvalue weighted by molar-refractivity contribution is -0.158. The normalized spacial score (nSPS) is 31.2. The van der Waals surface area contributed by atoms with Crippen LogP contribution in [0, 0.1) is 11.8 Å². The Balaban J connectivity index is 1.76. The number of hydrogen-bond donors (Lipinski definition) is 3. The molecule has 3 amide bonds. The number of carbonyl (C=O) groups is 4. The van der Waals surface area contributed by atoms with E-state index in [0.717, 1.165) is 0 Å². The molecule has 0 saturated carbocycles. The molecule has 0 bridgehead atoms. The summed E-state index contributed by atoms with van der Waals surface area (Å²) < 4.78 is 4.61. The third kappa shape index (κ3) is 3.76. The third-order valence-corrected chi connectivity index (χ3v) is 7.50. The number of methoxy groups -OCH3 is 1. The standard InChI is InChI=1S/C19H28N4O6S/c1-8-13-12(9(2)21-19(28)29-5)17(25)23(13)14(18(26)27)15(8)30-10-6-11(20-7-10)16(24)22(3)4/h8-13,20H,6-7H2,1-5H3,(H,21,28)(H,26,27)/t8-,9-,10+,11+,12-,13-/m1/s1. The van der Waals surface area contributed by atoms with Gasteiger partial charge in [0, 0.05) is 42.8 Å². The van der Waals surface area contributed by atoms with Crippen molar-refractivity contribution in [2.45, 2.75) is 43.6 Å². The van der Waals surface area contributed by atoms with E-state index in [-0.39, 0.29) is 40.8 Å². The smallest absolute Gasteiger partial charge is 0.407 e. The van der Waals surface area contributed by atoms with Crippen molar-refractivity contribution in [3.63, 3.8) is 0 Å². The Labute approximate surface area is 179 Å². The lowest BCUT2D eigenvalue weighted by atomic mass is 9.78. The molecule has 11 heteroatoms. The summed E-state index contributed by atoms with van der Waals surface area (Å²) in [6.07, 6.45) is -0.0401. The monoisotopic (exact) mass is 440 g/mol. The first-order valence-corrected chi connectivity index (χ1v) is 10.7. The maximum absolute atomic E-state index is 12.8. The fourth-order valence-electron chi connectivity index (χ4n) is 4.50. The van der Waals surface area contributed by atoms with Gasteiger partial charge < -0.3 is 30.3 Å². The first kappa shape index (κ1) is 22.4. The van der Waals surface area contributed by atoms with Crippen LogP contribution in [0.5, 0.6) is 0 Å². The molecule has 3 aliphatic heterocycles. The topological polar surface area (TPSA) is 128 Å². The molecule has 10 nitrogen and oxygen atoms in total. The van der Waals surface area contributed by atoms with Crippen molar-refractivity contribution in [1.82, 2.24) is 20.4 Å². The van der Waals surface area contributed by atoms with Crippen LogP contribution in [-0.4, -0.2) is 89.9 Å². The predicted molar refractivity (Wildman–Crippen MR) is 109 cm³/mol. The summed E-state index contributed by atoms with van der Waals surface area (Å²) in [4.78, 5) is 52.1. The van der Waals surface area contributed by atoms with Crippen LogP contribution in [0.1, 0.15) is 20.3 Å². The Morgan fingerprint density at radius 3 is 2.60 bits per heavy atom. The van der Waals surface area contributed by atoms with Crippen LogP contribution in [0.2, 0.25) is 0 Å². The summed E-state index contributed by atoms with van der Waals surface area (Å²) in [6, 6.07) is -1.10. The summed E-state index contributed by atoms with van der Waals surface area (Å²) in [5.41, 5.74) is 0.0198. The number of carbonyl (C=O) groups excluding carboxylic acids is 3. The van der Waals surface area contributed by atoms with Gasteiger partial charge in [0.2, 0.25) is 11.8 Å². The van der Waals surface area contributed by atoms with Gasteiger partial charge in [0.1, 0.15) is 5.70 Å². The SMILES string of the molecule is COC(=O)N[C@H](C)[C@H]1C(=O)N2C(C(=O)O)=C(S[C@@H]3CN[C@H](C(=O)N(C)C)C3)[C@H](C)[C@H]12. The zero-order valence-electron chi connectivity index (χ0n) is 17.7. The summed E-state index contributed by atoms with van der Waals surface area (Å²) in [5.74, 6) is -2.16. The van der Waals surface area contributed by atoms with E-state index in [0.29, 0.717) is 17.9 Å². The molecule has 3 aliphatic rings. The van der Waals surface area contributed by atoms with E-state index < -0.39 is 24.0 Å². The van der Waals surface area contributed by atoms with Gasteiger partial charge in [-0.05, 0) is 13.3 Å². The highest BCUT2D eigenvalue weighted by atomic mass is 32.2. The Bertz CT molecular complexity index is 800. The largest absolute Gasteiger partial charge is 0.477 e. The maximum Gasteiger partial charge on any atom is 0.407 e. The Kier molecular flexibility index (Phi) is 6.32. The quantitative estimate of drug-likeness (QED) is 0.495. The van der Waals surface area contributed by atoms with Crippen molar-refractivity contribution < 1.29 is 29.0 Å². The van der Waals surface area contributed by atoms with Crippen LogP contribution in [0.3, 0.4) is 0 Å². The second-order valence-electron chi connectivity index (χ2n) is 8.12. The fourth-order valence-corrected chi connectivity index (χ4v) is 5.98. The number of nitrogens with one attached hydrogen (secondary N) is 2. The van der Waals surface area contributed by atoms with Crippen molar-refractivity contribution >= 4 is 35.6 Å². The third-order valence-electron chi connectivity index (χ3n) is 5.98. The van der Waals surface area contributed by atoms with E-state index in [4.69, 9.17) is 0 Å². The first-order valence-electron chi connectivity index (χ1n) is 9.84. The van der Waals surface area contributed by atoms with Crippen LogP contribution in [0.4, 0.5) is 4.79 Å². The molecule has 0 aromatic heterocycles. The lowest BCUT2D eigenvalue weighted by Crippen LogP contribution is -2.66. The van der Waals surface area contributed by atoms with Gasteiger partial charge in [-0.1, -0.05) is 6.92 Å². The van der Waals surface area contributed by atoms with Crippen molar-refractivity contribution in [3.8, 4) is 0 Å². The fraction of sp³-hybridized carbons (Fsp3) is 0.684. The van der Waals surface area contributed by atoms with Crippen LogP contribution >= 0.6 is 11.8 Å². The minimum Gasteiger partial charge on any atom is -0.477 e. The highest BCUT2D eigenvalue weighted by molar-refractivity contribution is 8.03. The number of aliphatic carboxylic acids is 1. The van der Waals surface area contributed by atoms with E-state index in [1.165, 1.54) is 28.7 Å². The van der Waals surface area contributed by atoms with Crippen molar-refractivity contribution in [2.75, 3.05) is 27.7 Å². The molecule has 3 N–H and O–H groups in total. The zero-order chi connectivity index (χ0) is 22.3. The zero-order valence-corrected chi connectivity index (χ0v) is 18.5. The molecule has 0 unspecified atom stereocenters. The Hall–Kier alpha value is -2.27. The second kappa shape index (κ2) is 8.46. The molecule has 0 spiro atoms. The lowest BCUT2D eigenvalue weighted by Gasteiger charge is -2.47. The number of carboxylic acids is 1. The number of alkyl carbamates (subject to hydrolysis) is 1. The van der Waals surface area contributed by atoms with Gasteiger partial charge in [0.15, 0.2) is 0 Å². The minimum atomic E-state index is -1.14. The number of ether oxygens (including phenoxy) is 1. The molecule has 3 heterocycles. The highest BCUT2D eigenvalue weighted by Gasteiger charge is 2.60. The van der Waals surface area contributed by atoms with Gasteiger partial charge >= 0.3 is 12.1 Å². The number of carboxylic acid groups (broad SMARTS) is 1. The molecule has 0 aromatic carbocycles. The van der Waals surface area contributed by atoms with E-state index in [2.05, 4.69) is 15.4 Å².